The zero-order valence-electron chi connectivity index (χ0n) is 16.5. The van der Waals surface area contributed by atoms with Crippen LogP contribution in [0.15, 0.2) is 66.7 Å². The van der Waals surface area contributed by atoms with Gasteiger partial charge in [0, 0.05) is 11.8 Å². The van der Waals surface area contributed by atoms with Gasteiger partial charge in [0.2, 0.25) is 0 Å². The fourth-order valence-corrected chi connectivity index (χ4v) is 5.40. The smallest absolute Gasteiger partial charge is 0.143 e. The van der Waals surface area contributed by atoms with Crippen molar-refractivity contribution in [3.05, 3.63) is 93.9 Å². The number of aryl methyl sites for hydroxylation is 1. The highest BCUT2D eigenvalue weighted by atomic mass is 16.1. The van der Waals surface area contributed by atoms with Crippen LogP contribution in [0, 0.1) is 11.8 Å². The number of carbonyl (C=O) groups is 1. The van der Waals surface area contributed by atoms with Crippen molar-refractivity contribution < 1.29 is 4.79 Å². The van der Waals surface area contributed by atoms with E-state index in [9.17, 15) is 4.79 Å². The van der Waals surface area contributed by atoms with E-state index in [1.165, 1.54) is 38.3 Å². The van der Waals surface area contributed by atoms with Crippen LogP contribution in [0.3, 0.4) is 0 Å². The van der Waals surface area contributed by atoms with Gasteiger partial charge in [0.1, 0.15) is 5.78 Å². The van der Waals surface area contributed by atoms with Gasteiger partial charge in [0.25, 0.3) is 0 Å². The van der Waals surface area contributed by atoms with Gasteiger partial charge in [0.05, 0.1) is 0 Å². The standard InChI is InChI=1S/C28H24O/c29-28(27-17-26(27)18-6-2-1-3-7-18)21-11-10-20-13-14-23-22-9-5-4-8-19(22)12-15-24(23)25(20)16-21/h1-9,13-16,21,26-27H,10-12,17H2. The average molecular weight is 376 g/mol. The number of fused-ring (bicyclic) bond motifs is 5. The van der Waals surface area contributed by atoms with Gasteiger partial charge in [-0.05, 0) is 69.9 Å². The van der Waals surface area contributed by atoms with E-state index in [4.69, 9.17) is 0 Å². The Balaban J connectivity index is 1.36. The van der Waals surface area contributed by atoms with Crippen LogP contribution < -0.4 is 10.4 Å². The first kappa shape index (κ1) is 17.0. The molecule has 0 aromatic heterocycles. The fraction of sp³-hybridized carbons (Fsp3) is 0.250. The summed E-state index contributed by atoms with van der Waals surface area (Å²) in [6, 6.07) is 23.8. The third kappa shape index (κ3) is 2.80. The normalized spacial score (nSPS) is 23.7. The highest BCUT2D eigenvalue weighted by molar-refractivity contribution is 5.92. The highest BCUT2D eigenvalue weighted by Crippen LogP contribution is 2.49. The molecule has 1 heteroatoms. The number of benzene rings is 3. The lowest BCUT2D eigenvalue weighted by molar-refractivity contribution is -0.122. The monoisotopic (exact) mass is 376 g/mol. The Labute approximate surface area is 171 Å². The first-order valence-corrected chi connectivity index (χ1v) is 10.8. The average Bonchev–Trinajstić information content (AvgIpc) is 3.59. The molecule has 3 aromatic rings. The Morgan fingerprint density at radius 1 is 0.793 bits per heavy atom. The van der Waals surface area contributed by atoms with E-state index in [2.05, 4.69) is 72.8 Å². The lowest BCUT2D eigenvalue weighted by atomic mass is 9.82. The summed E-state index contributed by atoms with van der Waals surface area (Å²) in [7, 11) is 0. The number of carbonyl (C=O) groups excluding carboxylic acids is 1. The minimum atomic E-state index is 0.0679. The number of hydrogen-bond donors (Lipinski definition) is 0. The van der Waals surface area contributed by atoms with Crippen molar-refractivity contribution in [3.8, 4) is 11.1 Å². The Kier molecular flexibility index (Phi) is 3.84. The maximum Gasteiger partial charge on any atom is 0.143 e. The second-order valence-corrected chi connectivity index (χ2v) is 8.74. The van der Waals surface area contributed by atoms with E-state index >= 15 is 0 Å². The van der Waals surface area contributed by atoms with Gasteiger partial charge in [-0.25, -0.2) is 0 Å². The largest absolute Gasteiger partial charge is 0.299 e. The first-order chi connectivity index (χ1) is 14.3. The molecule has 3 unspecified atom stereocenters. The number of ketones is 1. The second kappa shape index (κ2) is 6.56. The van der Waals surface area contributed by atoms with E-state index in [-0.39, 0.29) is 11.8 Å². The molecule has 0 bridgehead atoms. The quantitative estimate of drug-likeness (QED) is 0.662. The van der Waals surface area contributed by atoms with Gasteiger partial charge in [-0.3, -0.25) is 4.79 Å². The molecule has 0 saturated heterocycles. The summed E-state index contributed by atoms with van der Waals surface area (Å²) in [4.78, 5) is 13.3. The maximum atomic E-state index is 13.3. The molecule has 0 heterocycles. The number of rotatable bonds is 3. The van der Waals surface area contributed by atoms with Crippen molar-refractivity contribution in [1.82, 2.24) is 0 Å². The van der Waals surface area contributed by atoms with E-state index in [1.54, 1.807) is 0 Å². The molecule has 142 valence electrons. The van der Waals surface area contributed by atoms with Crippen molar-refractivity contribution in [2.75, 3.05) is 0 Å². The minimum absolute atomic E-state index is 0.0679. The van der Waals surface area contributed by atoms with Gasteiger partial charge < -0.3 is 0 Å². The molecular weight excluding hydrogens is 352 g/mol. The van der Waals surface area contributed by atoms with Gasteiger partial charge in [-0.15, -0.1) is 0 Å². The summed E-state index contributed by atoms with van der Waals surface area (Å²) >= 11 is 0. The van der Waals surface area contributed by atoms with E-state index in [0.29, 0.717) is 11.7 Å². The van der Waals surface area contributed by atoms with Crippen LogP contribution in [0.5, 0.6) is 0 Å². The van der Waals surface area contributed by atoms with Crippen molar-refractivity contribution in [2.24, 2.45) is 11.8 Å². The summed E-state index contributed by atoms with van der Waals surface area (Å²) in [6.45, 7) is 0. The third-order valence-corrected chi connectivity index (χ3v) is 7.05. The molecule has 0 amide bonds. The summed E-state index contributed by atoms with van der Waals surface area (Å²) in [5, 5.41) is 2.66. The van der Waals surface area contributed by atoms with Crippen molar-refractivity contribution in [1.29, 1.82) is 0 Å². The van der Waals surface area contributed by atoms with Crippen LogP contribution in [-0.4, -0.2) is 5.78 Å². The van der Waals surface area contributed by atoms with Gasteiger partial charge in [0.15, 0.2) is 0 Å². The molecule has 3 aliphatic rings. The third-order valence-electron chi connectivity index (χ3n) is 7.05. The minimum Gasteiger partial charge on any atom is -0.299 e. The first-order valence-electron chi connectivity index (χ1n) is 10.8. The van der Waals surface area contributed by atoms with Crippen molar-refractivity contribution in [3.63, 3.8) is 0 Å². The Morgan fingerprint density at radius 3 is 2.52 bits per heavy atom. The topological polar surface area (TPSA) is 17.1 Å². The molecule has 6 rings (SSSR count). The van der Waals surface area contributed by atoms with Gasteiger partial charge >= 0.3 is 0 Å². The van der Waals surface area contributed by atoms with E-state index < -0.39 is 0 Å². The summed E-state index contributed by atoms with van der Waals surface area (Å²) < 4.78 is 0. The van der Waals surface area contributed by atoms with E-state index in [0.717, 1.165) is 25.7 Å². The zero-order chi connectivity index (χ0) is 19.4. The molecule has 1 saturated carbocycles. The summed E-state index contributed by atoms with van der Waals surface area (Å²) in [6.07, 6.45) is 8.62. The predicted molar refractivity (Wildman–Crippen MR) is 118 cm³/mol. The van der Waals surface area contributed by atoms with Crippen LogP contribution >= 0.6 is 0 Å². The van der Waals surface area contributed by atoms with Crippen molar-refractivity contribution in [2.45, 2.75) is 31.6 Å². The molecule has 0 spiro atoms. The fourth-order valence-electron chi connectivity index (χ4n) is 5.40. The molecule has 3 aromatic carbocycles. The van der Waals surface area contributed by atoms with Crippen LogP contribution in [-0.2, 0) is 17.6 Å². The lowest BCUT2D eigenvalue weighted by Gasteiger charge is -2.21. The molecule has 1 fully saturated rings. The van der Waals surface area contributed by atoms with Crippen molar-refractivity contribution >= 4 is 17.9 Å². The van der Waals surface area contributed by atoms with Crippen LogP contribution in [0.25, 0.3) is 23.3 Å². The maximum absolute atomic E-state index is 13.3. The molecular formula is C28H24O. The van der Waals surface area contributed by atoms with Crippen LogP contribution in [0.4, 0.5) is 0 Å². The number of Topliss-reactive ketones (excluding diaryl/α,β-unsaturated/α-hetero) is 1. The highest BCUT2D eigenvalue weighted by Gasteiger charge is 2.45. The number of hydrogen-bond acceptors (Lipinski definition) is 1. The molecule has 0 N–H and O–H groups in total. The van der Waals surface area contributed by atoms with Crippen LogP contribution in [0.1, 0.15) is 35.4 Å². The molecule has 3 aliphatic carbocycles. The predicted octanol–water partition coefficient (Wildman–Crippen LogP) is 4.41. The lowest BCUT2D eigenvalue weighted by Crippen LogP contribution is -2.37. The Morgan fingerprint density at radius 2 is 1.62 bits per heavy atom. The van der Waals surface area contributed by atoms with E-state index in [1.807, 2.05) is 6.07 Å². The Hall–Kier alpha value is -2.93. The van der Waals surface area contributed by atoms with Gasteiger partial charge in [-0.1, -0.05) is 78.9 Å². The van der Waals surface area contributed by atoms with Crippen LogP contribution in [0.2, 0.25) is 0 Å². The molecule has 1 nitrogen and oxygen atoms in total. The summed E-state index contributed by atoms with van der Waals surface area (Å²) in [5.74, 6) is 1.17. The second-order valence-electron chi connectivity index (χ2n) is 8.74. The Bertz CT molecular complexity index is 1240. The molecule has 3 atom stereocenters. The summed E-state index contributed by atoms with van der Waals surface area (Å²) in [5.41, 5.74) is 6.79. The van der Waals surface area contributed by atoms with Gasteiger partial charge in [-0.2, -0.15) is 0 Å². The zero-order valence-corrected chi connectivity index (χ0v) is 16.5. The SMILES string of the molecule is O=C(C1C=c2c(ccc3c2=CCc2ccccc2-3)CC1)C1CC1c1ccccc1. The molecule has 0 radical (unpaired) electrons. The molecule has 29 heavy (non-hydrogen) atoms. The molecule has 0 aliphatic heterocycles.